The van der Waals surface area contributed by atoms with Crippen LogP contribution >= 0.6 is 23.1 Å². The number of carboxylic acid groups (broad SMARTS) is 1. The molecule has 0 bridgehead atoms. The molecule has 2 amide bonds. The van der Waals surface area contributed by atoms with Gasteiger partial charge >= 0.3 is 5.97 Å². The van der Waals surface area contributed by atoms with Crippen LogP contribution in [0.4, 0.5) is 10.8 Å². The number of nitrogens with one attached hydrogen (secondary N) is 2. The number of thiazole rings is 1. The number of benzene rings is 2. The summed E-state index contributed by atoms with van der Waals surface area (Å²) < 4.78 is 10.6. The Morgan fingerprint density at radius 1 is 1.06 bits per heavy atom. The molecule has 2 aromatic carbocycles. The third-order valence-corrected chi connectivity index (χ3v) is 7.15. The summed E-state index contributed by atoms with van der Waals surface area (Å²) >= 11 is 2.71. The smallest absolute Gasteiger partial charge is 0.303 e. The van der Waals surface area contributed by atoms with Crippen molar-refractivity contribution in [1.82, 2.24) is 4.98 Å². The predicted molar refractivity (Wildman–Crippen MR) is 141 cm³/mol. The van der Waals surface area contributed by atoms with Crippen molar-refractivity contribution in [1.29, 1.82) is 0 Å². The van der Waals surface area contributed by atoms with E-state index in [0.717, 1.165) is 10.5 Å². The zero-order valence-corrected chi connectivity index (χ0v) is 21.7. The SMILES string of the molecule is CCC(Sc1cccc(NC(=O)CCC(=O)O)c1)C(=O)Nc1nc(-c2ccc(OC)c(OC)c2)cs1. The fraction of sp³-hybridized carbons (Fsp3) is 0.280. The number of carbonyl (C=O) groups excluding carboxylic acids is 2. The third-order valence-electron chi connectivity index (χ3n) is 5.04. The molecule has 0 saturated carbocycles. The number of thioether (sulfide) groups is 1. The molecule has 0 aliphatic heterocycles. The maximum Gasteiger partial charge on any atom is 0.303 e. The van der Waals surface area contributed by atoms with Gasteiger partial charge in [-0.2, -0.15) is 0 Å². The van der Waals surface area contributed by atoms with Gasteiger partial charge in [-0.15, -0.1) is 23.1 Å². The zero-order valence-electron chi connectivity index (χ0n) is 20.1. The molecule has 0 aliphatic rings. The molecule has 0 spiro atoms. The number of carboxylic acids is 1. The summed E-state index contributed by atoms with van der Waals surface area (Å²) in [6.45, 7) is 1.92. The molecule has 3 rings (SSSR count). The van der Waals surface area contributed by atoms with E-state index in [0.29, 0.717) is 34.4 Å². The molecule has 3 aromatic rings. The van der Waals surface area contributed by atoms with Crippen LogP contribution in [0.1, 0.15) is 26.2 Å². The first-order chi connectivity index (χ1) is 17.3. The molecule has 9 nitrogen and oxygen atoms in total. The first-order valence-electron chi connectivity index (χ1n) is 11.1. The van der Waals surface area contributed by atoms with E-state index >= 15 is 0 Å². The second-order valence-electron chi connectivity index (χ2n) is 7.58. The largest absolute Gasteiger partial charge is 0.493 e. The normalized spacial score (nSPS) is 11.4. The molecule has 0 radical (unpaired) electrons. The van der Waals surface area contributed by atoms with E-state index in [2.05, 4.69) is 15.6 Å². The topological polar surface area (TPSA) is 127 Å². The number of carbonyl (C=O) groups is 3. The average Bonchev–Trinajstić information content (AvgIpc) is 3.34. The van der Waals surface area contributed by atoms with Gasteiger partial charge in [-0.1, -0.05) is 13.0 Å². The van der Waals surface area contributed by atoms with Gasteiger partial charge in [0.15, 0.2) is 16.6 Å². The van der Waals surface area contributed by atoms with E-state index in [1.165, 1.54) is 23.1 Å². The fourth-order valence-electron chi connectivity index (χ4n) is 3.22. The molecular weight excluding hydrogens is 502 g/mol. The minimum Gasteiger partial charge on any atom is -0.493 e. The Bertz CT molecular complexity index is 1230. The molecule has 190 valence electrons. The lowest BCUT2D eigenvalue weighted by molar-refractivity contribution is -0.138. The van der Waals surface area contributed by atoms with Crippen molar-refractivity contribution in [2.24, 2.45) is 0 Å². The number of rotatable bonds is 12. The summed E-state index contributed by atoms with van der Waals surface area (Å²) in [5.41, 5.74) is 2.10. The van der Waals surface area contributed by atoms with Gasteiger partial charge in [0.2, 0.25) is 11.8 Å². The summed E-state index contributed by atoms with van der Waals surface area (Å²) in [5.74, 6) is -0.361. The molecule has 3 N–H and O–H groups in total. The van der Waals surface area contributed by atoms with Crippen molar-refractivity contribution in [2.75, 3.05) is 24.9 Å². The number of hydrogen-bond donors (Lipinski definition) is 3. The number of amides is 2. The number of ether oxygens (including phenoxy) is 2. The van der Waals surface area contributed by atoms with Crippen LogP contribution in [0.25, 0.3) is 11.3 Å². The minimum absolute atomic E-state index is 0.105. The van der Waals surface area contributed by atoms with Gasteiger partial charge in [0.1, 0.15) is 0 Å². The van der Waals surface area contributed by atoms with Gasteiger partial charge in [0.25, 0.3) is 0 Å². The van der Waals surface area contributed by atoms with Gasteiger partial charge in [-0.3, -0.25) is 14.4 Å². The number of methoxy groups -OCH3 is 2. The molecule has 0 fully saturated rings. The number of aliphatic carboxylic acids is 1. The van der Waals surface area contributed by atoms with Crippen molar-refractivity contribution in [3.8, 4) is 22.8 Å². The van der Waals surface area contributed by atoms with Crippen LogP contribution in [-0.4, -0.2) is 47.3 Å². The van der Waals surface area contributed by atoms with E-state index in [1.807, 2.05) is 30.5 Å². The number of aromatic nitrogens is 1. The monoisotopic (exact) mass is 529 g/mol. The molecule has 0 aliphatic carbocycles. The average molecular weight is 530 g/mol. The lowest BCUT2D eigenvalue weighted by Gasteiger charge is -2.14. The van der Waals surface area contributed by atoms with E-state index in [4.69, 9.17) is 14.6 Å². The Morgan fingerprint density at radius 2 is 1.83 bits per heavy atom. The quantitative estimate of drug-likeness (QED) is 0.275. The van der Waals surface area contributed by atoms with E-state index in [9.17, 15) is 14.4 Å². The van der Waals surface area contributed by atoms with Gasteiger partial charge in [-0.05, 0) is 42.8 Å². The third kappa shape index (κ3) is 7.46. The maximum absolute atomic E-state index is 13.0. The highest BCUT2D eigenvalue weighted by molar-refractivity contribution is 8.00. The molecule has 36 heavy (non-hydrogen) atoms. The lowest BCUT2D eigenvalue weighted by atomic mass is 10.1. The van der Waals surface area contributed by atoms with Crippen LogP contribution in [0.15, 0.2) is 52.7 Å². The van der Waals surface area contributed by atoms with Gasteiger partial charge in [-0.25, -0.2) is 4.98 Å². The van der Waals surface area contributed by atoms with E-state index in [1.54, 1.807) is 38.5 Å². The molecule has 0 saturated heterocycles. The van der Waals surface area contributed by atoms with E-state index in [-0.39, 0.29) is 29.9 Å². The number of anilines is 2. The molecule has 11 heteroatoms. The Kier molecular flexibility index (Phi) is 9.71. The number of nitrogens with zero attached hydrogens (tertiary/aromatic N) is 1. The summed E-state index contributed by atoms with van der Waals surface area (Å²) in [6.07, 6.45) is 0.244. The molecule has 1 unspecified atom stereocenters. The highest BCUT2D eigenvalue weighted by Gasteiger charge is 2.20. The second-order valence-corrected chi connectivity index (χ2v) is 9.72. The first-order valence-corrected chi connectivity index (χ1v) is 12.9. The Balaban J connectivity index is 1.63. The Labute approximate surface area is 217 Å². The molecule has 1 heterocycles. The summed E-state index contributed by atoms with van der Waals surface area (Å²) in [6, 6.07) is 12.6. The summed E-state index contributed by atoms with van der Waals surface area (Å²) in [7, 11) is 3.14. The fourth-order valence-corrected chi connectivity index (χ4v) is 4.96. The maximum atomic E-state index is 13.0. The van der Waals surface area contributed by atoms with Crippen LogP contribution in [-0.2, 0) is 14.4 Å². The van der Waals surface area contributed by atoms with Crippen LogP contribution < -0.4 is 20.1 Å². The van der Waals surface area contributed by atoms with Crippen molar-refractivity contribution in [3.05, 3.63) is 47.8 Å². The van der Waals surface area contributed by atoms with Crippen molar-refractivity contribution >= 4 is 51.7 Å². The van der Waals surface area contributed by atoms with E-state index < -0.39 is 5.97 Å². The van der Waals surface area contributed by atoms with Crippen LogP contribution in [0, 0.1) is 0 Å². The van der Waals surface area contributed by atoms with Crippen LogP contribution in [0.3, 0.4) is 0 Å². The summed E-state index contributed by atoms with van der Waals surface area (Å²) in [5, 5.41) is 16.3. The van der Waals surface area contributed by atoms with Crippen LogP contribution in [0.5, 0.6) is 11.5 Å². The highest BCUT2D eigenvalue weighted by atomic mass is 32.2. The van der Waals surface area contributed by atoms with Gasteiger partial charge < -0.3 is 25.2 Å². The molecule has 1 atom stereocenters. The van der Waals surface area contributed by atoms with Crippen molar-refractivity contribution in [3.63, 3.8) is 0 Å². The van der Waals surface area contributed by atoms with Crippen LogP contribution in [0.2, 0.25) is 0 Å². The summed E-state index contributed by atoms with van der Waals surface area (Å²) in [4.78, 5) is 40.9. The molecular formula is C25H27N3O6S2. The minimum atomic E-state index is -1.03. The molecule has 1 aromatic heterocycles. The first kappa shape index (κ1) is 27.0. The van der Waals surface area contributed by atoms with Gasteiger partial charge in [0.05, 0.1) is 31.6 Å². The van der Waals surface area contributed by atoms with Crippen molar-refractivity contribution < 1.29 is 29.0 Å². The van der Waals surface area contributed by atoms with Crippen molar-refractivity contribution in [2.45, 2.75) is 36.3 Å². The Morgan fingerprint density at radius 3 is 2.53 bits per heavy atom. The highest BCUT2D eigenvalue weighted by Crippen LogP contribution is 2.34. The standard InChI is InChI=1S/C25H27N3O6S2/c1-4-21(36-17-7-5-6-16(13-17)26-22(29)10-11-23(30)31)24(32)28-25-27-18(14-35-25)15-8-9-19(33-2)20(12-15)34-3/h5-9,12-14,21H,4,10-11H2,1-3H3,(H,26,29)(H,30,31)(H,27,28,32). The number of hydrogen-bond acceptors (Lipinski definition) is 8. The lowest BCUT2D eigenvalue weighted by Crippen LogP contribution is -2.24. The predicted octanol–water partition coefficient (Wildman–Crippen LogP) is 5.14. The van der Waals surface area contributed by atoms with Gasteiger partial charge in [0, 0.05) is 27.9 Å². The zero-order chi connectivity index (χ0) is 26.1. The Hall–Kier alpha value is -3.57. The second kappa shape index (κ2) is 12.9.